The third-order valence-electron chi connectivity index (χ3n) is 6.17. The lowest BCUT2D eigenvalue weighted by Crippen LogP contribution is -2.54. The minimum atomic E-state index is -4.31. The molecule has 0 aliphatic rings. The maximum absolute atomic E-state index is 14.2. The van der Waals surface area contributed by atoms with Gasteiger partial charge in [0.1, 0.15) is 18.3 Å². The summed E-state index contributed by atoms with van der Waals surface area (Å²) in [5, 5.41) is 3.84. The summed E-state index contributed by atoms with van der Waals surface area (Å²) in [6.07, 6.45) is 0. The van der Waals surface area contributed by atoms with Crippen LogP contribution in [0.1, 0.15) is 40.2 Å². The molecule has 0 radical (unpaired) electrons. The number of hydrogen-bond acceptors (Lipinski definition) is 5. The third-order valence-corrected chi connectivity index (χ3v) is 8.90. The van der Waals surface area contributed by atoms with E-state index in [-0.39, 0.29) is 29.5 Å². The fraction of sp³-hybridized carbons (Fsp3) is 0.333. The van der Waals surface area contributed by atoms with E-state index in [1.807, 2.05) is 20.8 Å². The van der Waals surface area contributed by atoms with Crippen LogP contribution in [0.25, 0.3) is 0 Å². The van der Waals surface area contributed by atoms with Crippen molar-refractivity contribution in [1.29, 1.82) is 0 Å². The van der Waals surface area contributed by atoms with Crippen LogP contribution >= 0.6 is 34.8 Å². The first-order valence-corrected chi connectivity index (χ1v) is 15.8. The van der Waals surface area contributed by atoms with Crippen molar-refractivity contribution in [3.63, 3.8) is 0 Å². The normalized spacial score (nSPS) is 12.4. The number of benzene rings is 3. The molecule has 2 amide bonds. The van der Waals surface area contributed by atoms with Crippen LogP contribution in [0.4, 0.5) is 5.69 Å². The van der Waals surface area contributed by atoms with Gasteiger partial charge in [-0.3, -0.25) is 13.9 Å². The molecule has 3 aromatic carbocycles. The summed E-state index contributed by atoms with van der Waals surface area (Å²) in [7, 11) is -4.31. The quantitative estimate of drug-likeness (QED) is 0.252. The highest BCUT2D eigenvalue weighted by Crippen LogP contribution is 2.34. The lowest BCUT2D eigenvalue weighted by molar-refractivity contribution is -0.140. The predicted octanol–water partition coefficient (Wildman–Crippen LogP) is 6.57. The number of halogens is 3. The van der Waals surface area contributed by atoms with Gasteiger partial charge in [-0.25, -0.2) is 8.42 Å². The van der Waals surface area contributed by atoms with E-state index >= 15 is 0 Å². The molecule has 0 saturated carbocycles. The van der Waals surface area contributed by atoms with Crippen LogP contribution in [0, 0.1) is 0 Å². The standard InChI is InChI=1S/C30H34Cl3N3O5S/c1-6-41-27-13-8-7-12-26(27)36(42(39,40)22-16-14-21(31)15-17-22)19-28(37)35(20(2)29(38)34-30(3,4)5)18-23-24(32)10-9-11-25(23)33/h7-17,20H,6,18-19H2,1-5H3,(H,34,38)/t20-/m0/s1. The number of nitrogens with zero attached hydrogens (tertiary/aromatic N) is 2. The highest BCUT2D eigenvalue weighted by atomic mass is 35.5. The van der Waals surface area contributed by atoms with E-state index in [4.69, 9.17) is 39.5 Å². The van der Waals surface area contributed by atoms with E-state index in [1.165, 1.54) is 29.2 Å². The van der Waals surface area contributed by atoms with Gasteiger partial charge in [0.05, 0.1) is 17.2 Å². The number of rotatable bonds is 11. The van der Waals surface area contributed by atoms with Crippen LogP contribution in [0.5, 0.6) is 5.75 Å². The van der Waals surface area contributed by atoms with Gasteiger partial charge < -0.3 is 15.0 Å². The Hall–Kier alpha value is -2.98. The average Bonchev–Trinajstić information content (AvgIpc) is 2.91. The minimum absolute atomic E-state index is 0.0785. The number of sulfonamides is 1. The fourth-order valence-corrected chi connectivity index (χ4v) is 6.17. The lowest BCUT2D eigenvalue weighted by atomic mass is 10.1. The number of nitrogens with one attached hydrogen (secondary N) is 1. The lowest BCUT2D eigenvalue weighted by Gasteiger charge is -2.34. The van der Waals surface area contributed by atoms with Gasteiger partial charge in [-0.1, -0.05) is 53.0 Å². The Morgan fingerprint density at radius 2 is 1.52 bits per heavy atom. The largest absolute Gasteiger partial charge is 0.492 e. The SMILES string of the molecule is CCOc1ccccc1N(CC(=O)N(Cc1c(Cl)cccc1Cl)[C@@H](C)C(=O)NC(C)(C)C)S(=O)(=O)c1ccc(Cl)cc1. The molecule has 0 aromatic heterocycles. The molecule has 0 bridgehead atoms. The van der Waals surface area contributed by atoms with Gasteiger partial charge in [0.2, 0.25) is 11.8 Å². The van der Waals surface area contributed by atoms with Gasteiger partial charge in [-0.2, -0.15) is 0 Å². The second kappa shape index (κ2) is 14.0. The molecule has 0 spiro atoms. The molecule has 3 aromatic rings. The zero-order valence-electron chi connectivity index (χ0n) is 24.0. The number of anilines is 1. The van der Waals surface area contributed by atoms with E-state index in [0.717, 1.165) is 4.31 Å². The number of carbonyl (C=O) groups excluding carboxylic acids is 2. The molecule has 3 rings (SSSR count). The van der Waals surface area contributed by atoms with Gasteiger partial charge in [0, 0.05) is 32.7 Å². The molecule has 0 aliphatic heterocycles. The van der Waals surface area contributed by atoms with Crippen molar-refractivity contribution in [3.05, 3.63) is 87.4 Å². The van der Waals surface area contributed by atoms with E-state index in [1.54, 1.807) is 56.3 Å². The molecule has 0 fully saturated rings. The Balaban J connectivity index is 2.13. The predicted molar refractivity (Wildman–Crippen MR) is 168 cm³/mol. The van der Waals surface area contributed by atoms with Crippen molar-refractivity contribution >= 4 is 62.3 Å². The fourth-order valence-electron chi connectivity index (χ4n) is 4.10. The van der Waals surface area contributed by atoms with Crippen molar-refractivity contribution in [2.24, 2.45) is 0 Å². The van der Waals surface area contributed by atoms with Crippen molar-refractivity contribution in [3.8, 4) is 5.75 Å². The van der Waals surface area contributed by atoms with Crippen LogP contribution in [0.2, 0.25) is 15.1 Å². The number of para-hydroxylation sites is 2. The summed E-state index contributed by atoms with van der Waals surface area (Å²) in [4.78, 5) is 28.6. The summed E-state index contributed by atoms with van der Waals surface area (Å²) < 4.78 is 34.8. The molecule has 1 atom stereocenters. The minimum Gasteiger partial charge on any atom is -0.492 e. The molecule has 0 aliphatic carbocycles. The van der Waals surface area contributed by atoms with Crippen molar-refractivity contribution in [2.45, 2.75) is 57.6 Å². The number of ether oxygens (including phenoxy) is 1. The van der Waals surface area contributed by atoms with Crippen molar-refractivity contribution in [1.82, 2.24) is 10.2 Å². The van der Waals surface area contributed by atoms with Gasteiger partial charge in [-0.15, -0.1) is 0 Å². The van der Waals surface area contributed by atoms with Gasteiger partial charge in [0.25, 0.3) is 10.0 Å². The first-order chi connectivity index (χ1) is 19.7. The number of hydrogen-bond donors (Lipinski definition) is 1. The monoisotopic (exact) mass is 653 g/mol. The van der Waals surface area contributed by atoms with E-state index in [0.29, 0.717) is 20.6 Å². The Morgan fingerprint density at radius 1 is 0.929 bits per heavy atom. The summed E-state index contributed by atoms with van der Waals surface area (Å²) in [6, 6.07) is 16.1. The molecule has 226 valence electrons. The van der Waals surface area contributed by atoms with Crippen molar-refractivity contribution in [2.75, 3.05) is 17.5 Å². The molecular formula is C30H34Cl3N3O5S. The zero-order valence-corrected chi connectivity index (χ0v) is 27.1. The first kappa shape index (κ1) is 33.5. The molecule has 0 unspecified atom stereocenters. The smallest absolute Gasteiger partial charge is 0.264 e. The molecule has 0 saturated heterocycles. The molecule has 42 heavy (non-hydrogen) atoms. The Labute approximate surface area is 262 Å². The van der Waals surface area contributed by atoms with Crippen LogP contribution < -0.4 is 14.4 Å². The summed E-state index contributed by atoms with van der Waals surface area (Å²) in [6.45, 7) is 8.27. The topological polar surface area (TPSA) is 96.0 Å². The summed E-state index contributed by atoms with van der Waals surface area (Å²) in [5.74, 6) is -0.822. The first-order valence-electron chi connectivity index (χ1n) is 13.2. The highest BCUT2D eigenvalue weighted by Gasteiger charge is 2.35. The summed E-state index contributed by atoms with van der Waals surface area (Å²) >= 11 is 18.9. The molecule has 1 N–H and O–H groups in total. The summed E-state index contributed by atoms with van der Waals surface area (Å²) in [5.41, 5.74) is -0.000691. The Bertz CT molecular complexity index is 1510. The zero-order chi connectivity index (χ0) is 31.2. The van der Waals surface area contributed by atoms with E-state index < -0.39 is 40.0 Å². The average molecular weight is 655 g/mol. The maximum atomic E-state index is 14.2. The Morgan fingerprint density at radius 3 is 2.10 bits per heavy atom. The number of carbonyl (C=O) groups is 2. The second-order valence-electron chi connectivity index (χ2n) is 10.5. The molecular weight excluding hydrogens is 621 g/mol. The van der Waals surface area contributed by atoms with Crippen molar-refractivity contribution < 1.29 is 22.7 Å². The molecule has 12 heteroatoms. The van der Waals surface area contributed by atoms with Gasteiger partial charge in [0.15, 0.2) is 0 Å². The van der Waals surface area contributed by atoms with Gasteiger partial charge >= 0.3 is 0 Å². The van der Waals surface area contributed by atoms with E-state index in [9.17, 15) is 18.0 Å². The van der Waals surface area contributed by atoms with Crippen LogP contribution in [0.15, 0.2) is 71.6 Å². The molecule has 0 heterocycles. The maximum Gasteiger partial charge on any atom is 0.264 e. The third kappa shape index (κ3) is 8.31. The highest BCUT2D eigenvalue weighted by molar-refractivity contribution is 7.92. The van der Waals surface area contributed by atoms with Gasteiger partial charge in [-0.05, 0) is 83.1 Å². The molecule has 8 nitrogen and oxygen atoms in total. The van der Waals surface area contributed by atoms with Crippen LogP contribution in [-0.2, 0) is 26.2 Å². The van der Waals surface area contributed by atoms with E-state index in [2.05, 4.69) is 5.32 Å². The van der Waals surface area contributed by atoms with Crippen LogP contribution in [0.3, 0.4) is 0 Å². The van der Waals surface area contributed by atoms with Crippen LogP contribution in [-0.4, -0.2) is 49.9 Å². The number of amides is 2. The Kier molecular flexibility index (Phi) is 11.2. The second-order valence-corrected chi connectivity index (χ2v) is 13.6.